The summed E-state index contributed by atoms with van der Waals surface area (Å²) in [4.78, 5) is 53.8. The molecule has 3 aromatic heterocycles. The highest BCUT2D eigenvalue weighted by atomic mass is 32.1. The SMILES string of the molecule is CCCn1c(N)c(N(CCOC)C(=O)c2ccc(NC(=O)c3ccco3)s2)c(=O)[nH]c1=O. The van der Waals surface area contributed by atoms with Gasteiger partial charge in [0.1, 0.15) is 5.82 Å². The standard InChI is InChI=1S/C20H23N5O6S/c1-3-8-25-16(21)15(18(27)23-20(25)29)24(9-11-30-2)19(28)13-6-7-14(32-13)22-17(26)12-5-4-10-31-12/h4-7,10H,3,8-9,11,21H2,1-2H3,(H,22,26)(H,23,27,29). The molecule has 3 rings (SSSR count). The number of anilines is 3. The van der Waals surface area contributed by atoms with E-state index in [4.69, 9.17) is 14.9 Å². The number of amides is 2. The number of carbonyl (C=O) groups excluding carboxylic acids is 2. The zero-order chi connectivity index (χ0) is 23.3. The fourth-order valence-electron chi connectivity index (χ4n) is 3.02. The smallest absolute Gasteiger partial charge is 0.330 e. The van der Waals surface area contributed by atoms with Crippen molar-refractivity contribution in [2.24, 2.45) is 0 Å². The number of H-pyrrole nitrogens is 1. The first-order chi connectivity index (χ1) is 15.4. The van der Waals surface area contributed by atoms with E-state index >= 15 is 0 Å². The quantitative estimate of drug-likeness (QED) is 0.439. The molecule has 0 fully saturated rings. The Morgan fingerprint density at radius 3 is 2.75 bits per heavy atom. The molecule has 0 bridgehead atoms. The lowest BCUT2D eigenvalue weighted by Gasteiger charge is -2.23. The second-order valence-corrected chi connectivity index (χ2v) is 7.77. The van der Waals surface area contributed by atoms with Gasteiger partial charge in [0.05, 0.1) is 22.7 Å². The van der Waals surface area contributed by atoms with Gasteiger partial charge in [0.2, 0.25) is 0 Å². The van der Waals surface area contributed by atoms with Gasteiger partial charge in [0.15, 0.2) is 11.4 Å². The summed E-state index contributed by atoms with van der Waals surface area (Å²) in [6, 6.07) is 6.20. The Balaban J connectivity index is 1.94. The lowest BCUT2D eigenvalue weighted by Crippen LogP contribution is -2.42. The Kier molecular flexibility index (Phi) is 7.28. The van der Waals surface area contributed by atoms with E-state index in [1.807, 2.05) is 6.92 Å². The third-order valence-corrected chi connectivity index (χ3v) is 5.48. The number of nitrogens with zero attached hydrogens (tertiary/aromatic N) is 2. The lowest BCUT2D eigenvalue weighted by atomic mass is 10.3. The molecular formula is C20H23N5O6S. The number of hydrogen-bond donors (Lipinski definition) is 3. The number of rotatable bonds is 9. The Bertz CT molecular complexity index is 1210. The summed E-state index contributed by atoms with van der Waals surface area (Å²) in [5.74, 6) is -0.956. The van der Waals surface area contributed by atoms with Crippen LogP contribution in [-0.2, 0) is 11.3 Å². The average Bonchev–Trinajstić information content (AvgIpc) is 3.45. The zero-order valence-corrected chi connectivity index (χ0v) is 18.4. The molecule has 0 saturated heterocycles. The van der Waals surface area contributed by atoms with Gasteiger partial charge >= 0.3 is 5.69 Å². The first-order valence-corrected chi connectivity index (χ1v) is 10.6. The summed E-state index contributed by atoms with van der Waals surface area (Å²) in [7, 11) is 1.46. The first kappa shape index (κ1) is 23.0. The van der Waals surface area contributed by atoms with Crippen LogP contribution in [0, 0.1) is 0 Å². The molecule has 2 amide bonds. The van der Waals surface area contributed by atoms with Crippen molar-refractivity contribution in [2.45, 2.75) is 19.9 Å². The first-order valence-electron chi connectivity index (χ1n) is 9.75. The minimum atomic E-state index is -0.771. The minimum absolute atomic E-state index is 0.0267. The van der Waals surface area contributed by atoms with Crippen molar-refractivity contribution in [3.8, 4) is 0 Å². The van der Waals surface area contributed by atoms with Crippen LogP contribution in [0.1, 0.15) is 33.6 Å². The number of aromatic nitrogens is 2. The number of hydrogen-bond acceptors (Lipinski definition) is 8. The maximum absolute atomic E-state index is 13.3. The van der Waals surface area contributed by atoms with Gasteiger partial charge in [-0.3, -0.25) is 28.8 Å². The van der Waals surface area contributed by atoms with Crippen molar-refractivity contribution < 1.29 is 18.7 Å². The van der Waals surface area contributed by atoms with Gasteiger partial charge in [0, 0.05) is 20.2 Å². The highest BCUT2D eigenvalue weighted by molar-refractivity contribution is 7.18. The van der Waals surface area contributed by atoms with Crippen LogP contribution in [0.3, 0.4) is 0 Å². The summed E-state index contributed by atoms with van der Waals surface area (Å²) >= 11 is 1.03. The van der Waals surface area contributed by atoms with E-state index in [-0.39, 0.29) is 41.8 Å². The van der Waals surface area contributed by atoms with E-state index in [0.717, 1.165) is 11.3 Å². The molecule has 0 aliphatic rings. The number of thiophene rings is 1. The van der Waals surface area contributed by atoms with Crippen LogP contribution < -0.4 is 27.2 Å². The number of nitrogens with one attached hydrogen (secondary N) is 2. The van der Waals surface area contributed by atoms with E-state index in [2.05, 4.69) is 10.3 Å². The molecule has 4 N–H and O–H groups in total. The summed E-state index contributed by atoms with van der Waals surface area (Å²) in [6.45, 7) is 2.29. The fraction of sp³-hybridized carbons (Fsp3) is 0.300. The molecule has 0 saturated carbocycles. The largest absolute Gasteiger partial charge is 0.459 e. The highest BCUT2D eigenvalue weighted by Gasteiger charge is 2.26. The third kappa shape index (κ3) is 4.81. The van der Waals surface area contributed by atoms with E-state index in [0.29, 0.717) is 11.4 Å². The monoisotopic (exact) mass is 461 g/mol. The van der Waals surface area contributed by atoms with Gasteiger partial charge in [-0.15, -0.1) is 11.3 Å². The molecule has 32 heavy (non-hydrogen) atoms. The molecule has 3 heterocycles. The molecule has 12 heteroatoms. The zero-order valence-electron chi connectivity index (χ0n) is 17.5. The highest BCUT2D eigenvalue weighted by Crippen LogP contribution is 2.26. The molecule has 0 spiro atoms. The number of nitrogen functional groups attached to an aromatic ring is 1. The molecule has 11 nitrogen and oxygen atoms in total. The predicted octanol–water partition coefficient (Wildman–Crippen LogP) is 1.73. The lowest BCUT2D eigenvalue weighted by molar-refractivity contribution is 0.0976. The van der Waals surface area contributed by atoms with Gasteiger partial charge < -0.3 is 20.2 Å². The Labute approximate surface area is 186 Å². The summed E-state index contributed by atoms with van der Waals surface area (Å²) < 4.78 is 11.3. The van der Waals surface area contributed by atoms with Crippen molar-refractivity contribution in [1.82, 2.24) is 9.55 Å². The molecule has 3 aromatic rings. The van der Waals surface area contributed by atoms with Crippen molar-refractivity contribution in [3.05, 3.63) is 62.0 Å². The molecule has 170 valence electrons. The van der Waals surface area contributed by atoms with Crippen molar-refractivity contribution >= 4 is 39.7 Å². The average molecular weight is 462 g/mol. The number of furan rings is 1. The van der Waals surface area contributed by atoms with Crippen molar-refractivity contribution in [2.75, 3.05) is 36.2 Å². The normalized spacial score (nSPS) is 10.8. The topological polar surface area (TPSA) is 153 Å². The van der Waals surface area contributed by atoms with Gasteiger partial charge in [-0.2, -0.15) is 0 Å². The Morgan fingerprint density at radius 1 is 1.31 bits per heavy atom. The second kappa shape index (κ2) is 10.1. The van der Waals surface area contributed by atoms with E-state index in [1.54, 1.807) is 12.1 Å². The minimum Gasteiger partial charge on any atom is -0.459 e. The van der Waals surface area contributed by atoms with Crippen LogP contribution in [0.15, 0.2) is 44.5 Å². The Morgan fingerprint density at radius 2 is 2.09 bits per heavy atom. The molecule has 0 aromatic carbocycles. The van der Waals surface area contributed by atoms with E-state index in [1.165, 1.54) is 35.0 Å². The van der Waals surface area contributed by atoms with Gasteiger partial charge in [-0.05, 0) is 30.7 Å². The van der Waals surface area contributed by atoms with Crippen LogP contribution in [0.4, 0.5) is 16.5 Å². The molecule has 0 unspecified atom stereocenters. The summed E-state index contributed by atoms with van der Waals surface area (Å²) in [5, 5.41) is 3.07. The van der Waals surface area contributed by atoms with Gasteiger partial charge in [-0.1, -0.05) is 6.92 Å². The van der Waals surface area contributed by atoms with Crippen LogP contribution in [0.5, 0.6) is 0 Å². The van der Waals surface area contributed by atoms with Crippen LogP contribution in [-0.4, -0.2) is 41.6 Å². The maximum Gasteiger partial charge on any atom is 0.330 e. The number of carbonyl (C=O) groups is 2. The van der Waals surface area contributed by atoms with Crippen molar-refractivity contribution in [3.63, 3.8) is 0 Å². The fourth-order valence-corrected chi connectivity index (χ4v) is 3.87. The molecule has 0 aliphatic heterocycles. The van der Waals surface area contributed by atoms with Gasteiger partial charge in [0.25, 0.3) is 17.4 Å². The predicted molar refractivity (Wildman–Crippen MR) is 121 cm³/mol. The Hall–Kier alpha value is -3.64. The van der Waals surface area contributed by atoms with Gasteiger partial charge in [-0.25, -0.2) is 4.79 Å². The van der Waals surface area contributed by atoms with E-state index < -0.39 is 23.1 Å². The molecule has 0 radical (unpaired) electrons. The second-order valence-electron chi connectivity index (χ2n) is 6.69. The summed E-state index contributed by atoms with van der Waals surface area (Å²) in [6.07, 6.45) is 1.98. The summed E-state index contributed by atoms with van der Waals surface area (Å²) in [5.41, 5.74) is 4.59. The maximum atomic E-state index is 13.3. The molecule has 0 atom stereocenters. The number of aromatic amines is 1. The van der Waals surface area contributed by atoms with Crippen molar-refractivity contribution in [1.29, 1.82) is 0 Å². The van der Waals surface area contributed by atoms with Crippen LogP contribution >= 0.6 is 11.3 Å². The van der Waals surface area contributed by atoms with E-state index in [9.17, 15) is 19.2 Å². The number of methoxy groups -OCH3 is 1. The van der Waals surface area contributed by atoms with Crippen LogP contribution in [0.25, 0.3) is 0 Å². The van der Waals surface area contributed by atoms with Crippen LogP contribution in [0.2, 0.25) is 0 Å². The third-order valence-electron chi connectivity index (χ3n) is 4.49. The number of ether oxygens (including phenoxy) is 1. The molecular weight excluding hydrogens is 438 g/mol. The molecule has 0 aliphatic carbocycles. The number of nitrogens with two attached hydrogens (primary N) is 1.